The molecular weight excluding hydrogens is 320 g/mol. The van der Waals surface area contributed by atoms with Crippen molar-refractivity contribution in [2.45, 2.75) is 45.5 Å². The Morgan fingerprint density at radius 2 is 1.42 bits per heavy atom. The lowest BCUT2D eigenvalue weighted by Gasteiger charge is -2.24. The van der Waals surface area contributed by atoms with Crippen LogP contribution < -0.4 is 5.32 Å². The Morgan fingerprint density at radius 1 is 0.846 bits per heavy atom. The highest BCUT2D eigenvalue weighted by Crippen LogP contribution is 2.23. The molecule has 3 heteroatoms. The van der Waals surface area contributed by atoms with Gasteiger partial charge in [0.25, 0.3) is 0 Å². The van der Waals surface area contributed by atoms with Crippen LogP contribution in [0.1, 0.15) is 48.5 Å². The van der Waals surface area contributed by atoms with Gasteiger partial charge in [-0.25, -0.2) is 0 Å². The number of aryl methyl sites for hydroxylation is 1. The molecule has 0 unspecified atom stereocenters. The average Bonchev–Trinajstić information content (AvgIpc) is 3.06. The molecule has 3 aromatic rings. The van der Waals surface area contributed by atoms with E-state index in [0.717, 1.165) is 12.1 Å². The lowest BCUT2D eigenvalue weighted by molar-refractivity contribution is 0.135. The van der Waals surface area contributed by atoms with Crippen molar-refractivity contribution >= 4 is 0 Å². The van der Waals surface area contributed by atoms with E-state index in [0.29, 0.717) is 0 Å². The average molecular weight is 348 g/mol. The lowest BCUT2D eigenvalue weighted by Crippen LogP contribution is -2.32. The molecule has 1 aromatic heterocycles. The van der Waals surface area contributed by atoms with Crippen molar-refractivity contribution in [3.8, 4) is 0 Å². The Kier molecular flexibility index (Phi) is 5.92. The van der Waals surface area contributed by atoms with Gasteiger partial charge in [-0.3, -0.25) is 0 Å². The van der Waals surface area contributed by atoms with Crippen LogP contribution in [0.2, 0.25) is 0 Å². The number of hydrogen-bond donors (Lipinski definition) is 2. The predicted octanol–water partition coefficient (Wildman–Crippen LogP) is 4.62. The third kappa shape index (κ3) is 4.06. The van der Waals surface area contributed by atoms with E-state index in [1.807, 2.05) is 43.3 Å². The number of aromatic nitrogens is 1. The van der Waals surface area contributed by atoms with Gasteiger partial charge in [-0.05, 0) is 44.0 Å². The summed E-state index contributed by atoms with van der Waals surface area (Å²) >= 11 is 0. The minimum atomic E-state index is -0.521. The molecule has 0 saturated carbocycles. The van der Waals surface area contributed by atoms with E-state index in [2.05, 4.69) is 60.1 Å². The van der Waals surface area contributed by atoms with Crippen LogP contribution in [-0.4, -0.2) is 15.7 Å². The molecule has 3 atom stereocenters. The molecule has 0 aliphatic heterocycles. The Labute approximate surface area is 156 Å². The van der Waals surface area contributed by atoms with Crippen molar-refractivity contribution in [1.82, 2.24) is 9.88 Å². The molecule has 1 heterocycles. The van der Waals surface area contributed by atoms with E-state index in [1.165, 1.54) is 17.0 Å². The standard InChI is InChI=1S/C23H28N2O/c1-17-14-15-22(25(17)19(3)20-10-6-4-7-11-20)16-24-18(2)23(26)21-12-8-5-9-13-21/h4-15,18-19,23-24,26H,16H2,1-3H3/t18-,19+,23-/m1/s1. The molecule has 26 heavy (non-hydrogen) atoms. The van der Waals surface area contributed by atoms with Crippen molar-refractivity contribution in [2.75, 3.05) is 0 Å². The number of benzene rings is 2. The summed E-state index contributed by atoms with van der Waals surface area (Å²) in [5.41, 5.74) is 4.71. The molecule has 0 bridgehead atoms. The van der Waals surface area contributed by atoms with Crippen LogP contribution in [0.3, 0.4) is 0 Å². The van der Waals surface area contributed by atoms with Crippen molar-refractivity contribution in [2.24, 2.45) is 0 Å². The van der Waals surface area contributed by atoms with Gasteiger partial charge in [-0.1, -0.05) is 60.7 Å². The third-order valence-electron chi connectivity index (χ3n) is 5.10. The fraction of sp³-hybridized carbons (Fsp3) is 0.304. The predicted molar refractivity (Wildman–Crippen MR) is 107 cm³/mol. The summed E-state index contributed by atoms with van der Waals surface area (Å²) in [4.78, 5) is 0. The summed E-state index contributed by atoms with van der Waals surface area (Å²) in [6.45, 7) is 7.12. The zero-order chi connectivity index (χ0) is 18.5. The first kappa shape index (κ1) is 18.4. The molecule has 2 N–H and O–H groups in total. The van der Waals surface area contributed by atoms with Crippen molar-refractivity contribution in [3.63, 3.8) is 0 Å². The summed E-state index contributed by atoms with van der Waals surface area (Å²) in [7, 11) is 0. The van der Waals surface area contributed by atoms with Gasteiger partial charge in [-0.15, -0.1) is 0 Å². The third-order valence-corrected chi connectivity index (χ3v) is 5.10. The Hall–Kier alpha value is -2.36. The molecule has 0 aliphatic carbocycles. The maximum atomic E-state index is 10.6. The molecule has 0 spiro atoms. The first-order chi connectivity index (χ1) is 12.6. The molecular formula is C23H28N2O. The normalized spacial score (nSPS) is 14.8. The number of hydrogen-bond acceptors (Lipinski definition) is 2. The van der Waals surface area contributed by atoms with Gasteiger partial charge in [0.15, 0.2) is 0 Å². The highest BCUT2D eigenvalue weighted by molar-refractivity contribution is 5.25. The molecule has 0 aliphatic rings. The fourth-order valence-corrected chi connectivity index (χ4v) is 3.50. The zero-order valence-electron chi connectivity index (χ0n) is 15.8. The van der Waals surface area contributed by atoms with Crippen molar-refractivity contribution < 1.29 is 5.11 Å². The van der Waals surface area contributed by atoms with Gasteiger partial charge in [0, 0.05) is 24.0 Å². The van der Waals surface area contributed by atoms with Crippen molar-refractivity contribution in [1.29, 1.82) is 0 Å². The first-order valence-corrected chi connectivity index (χ1v) is 9.26. The molecule has 3 rings (SSSR count). The zero-order valence-corrected chi connectivity index (χ0v) is 15.8. The summed E-state index contributed by atoms with van der Waals surface area (Å²) < 4.78 is 2.37. The SMILES string of the molecule is Cc1ccc(CN[C@H](C)[C@@H](O)c2ccccc2)n1[C@@H](C)c1ccccc1. The monoisotopic (exact) mass is 348 g/mol. The second-order valence-corrected chi connectivity index (χ2v) is 6.95. The maximum absolute atomic E-state index is 10.6. The molecule has 3 nitrogen and oxygen atoms in total. The van der Waals surface area contributed by atoms with Crippen LogP contribution in [0.5, 0.6) is 0 Å². The topological polar surface area (TPSA) is 37.2 Å². The van der Waals surface area contributed by atoms with Crippen LogP contribution >= 0.6 is 0 Å². The number of nitrogens with zero attached hydrogens (tertiary/aromatic N) is 1. The highest BCUT2D eigenvalue weighted by atomic mass is 16.3. The van der Waals surface area contributed by atoms with Gasteiger partial charge in [0.1, 0.15) is 0 Å². The van der Waals surface area contributed by atoms with E-state index in [4.69, 9.17) is 0 Å². The Balaban J connectivity index is 1.71. The molecule has 0 amide bonds. The van der Waals surface area contributed by atoms with E-state index >= 15 is 0 Å². The molecule has 0 radical (unpaired) electrons. The molecule has 2 aromatic carbocycles. The van der Waals surface area contributed by atoms with Crippen LogP contribution in [0.25, 0.3) is 0 Å². The number of rotatable bonds is 7. The van der Waals surface area contributed by atoms with Gasteiger partial charge in [0.2, 0.25) is 0 Å². The molecule has 0 fully saturated rings. The van der Waals surface area contributed by atoms with E-state index < -0.39 is 6.10 Å². The second kappa shape index (κ2) is 8.35. The van der Waals surface area contributed by atoms with Gasteiger partial charge < -0.3 is 15.0 Å². The summed E-state index contributed by atoms with van der Waals surface area (Å²) in [5, 5.41) is 14.0. The fourth-order valence-electron chi connectivity index (χ4n) is 3.50. The highest BCUT2D eigenvalue weighted by Gasteiger charge is 2.18. The van der Waals surface area contributed by atoms with Gasteiger partial charge in [-0.2, -0.15) is 0 Å². The second-order valence-electron chi connectivity index (χ2n) is 6.95. The first-order valence-electron chi connectivity index (χ1n) is 9.26. The lowest BCUT2D eigenvalue weighted by atomic mass is 10.0. The molecule has 0 saturated heterocycles. The number of nitrogens with one attached hydrogen (secondary N) is 1. The molecule has 136 valence electrons. The van der Waals surface area contributed by atoms with Gasteiger partial charge in [0.05, 0.1) is 12.1 Å². The van der Waals surface area contributed by atoms with Gasteiger partial charge >= 0.3 is 0 Å². The minimum absolute atomic E-state index is 0.0342. The van der Waals surface area contributed by atoms with E-state index in [1.54, 1.807) is 0 Å². The smallest absolute Gasteiger partial charge is 0.0940 e. The van der Waals surface area contributed by atoms with E-state index in [-0.39, 0.29) is 12.1 Å². The minimum Gasteiger partial charge on any atom is -0.387 e. The van der Waals surface area contributed by atoms with Crippen LogP contribution in [0.15, 0.2) is 72.8 Å². The van der Waals surface area contributed by atoms with Crippen LogP contribution in [0.4, 0.5) is 0 Å². The van der Waals surface area contributed by atoms with Crippen LogP contribution in [0, 0.1) is 6.92 Å². The Morgan fingerprint density at radius 3 is 2.04 bits per heavy atom. The maximum Gasteiger partial charge on any atom is 0.0940 e. The Bertz CT molecular complexity index is 811. The van der Waals surface area contributed by atoms with E-state index in [9.17, 15) is 5.11 Å². The largest absolute Gasteiger partial charge is 0.387 e. The number of aliphatic hydroxyl groups excluding tert-OH is 1. The number of aliphatic hydroxyl groups is 1. The summed E-state index contributed by atoms with van der Waals surface area (Å²) in [6.07, 6.45) is -0.521. The summed E-state index contributed by atoms with van der Waals surface area (Å²) in [5.74, 6) is 0. The van der Waals surface area contributed by atoms with Crippen LogP contribution in [-0.2, 0) is 6.54 Å². The summed E-state index contributed by atoms with van der Waals surface area (Å²) in [6, 6.07) is 24.9. The quantitative estimate of drug-likeness (QED) is 0.654. The van der Waals surface area contributed by atoms with Crippen molar-refractivity contribution in [3.05, 3.63) is 95.3 Å².